The molecule has 0 unspecified atom stereocenters. The molecule has 0 bridgehead atoms. The molecule has 0 aliphatic rings. The van der Waals surface area contributed by atoms with Gasteiger partial charge in [0.15, 0.2) is 0 Å². The van der Waals surface area contributed by atoms with Gasteiger partial charge in [-0.2, -0.15) is 0 Å². The van der Waals surface area contributed by atoms with Crippen LogP contribution in [0.3, 0.4) is 0 Å². The number of rotatable bonds is 10. The molecule has 1 N–H and O–H groups in total. The third kappa shape index (κ3) is 6.76. The maximum Gasteiger partial charge on any atom is 0.234 e. The Labute approximate surface area is 155 Å². The van der Waals surface area contributed by atoms with Gasteiger partial charge in [-0.25, -0.2) is 0 Å². The molecule has 2 rings (SSSR count). The zero-order chi connectivity index (χ0) is 18.8. The molecular weight excluding hydrogens is 328 g/mol. The average Bonchev–Trinajstić information content (AvgIpc) is 2.67. The quantitative estimate of drug-likeness (QED) is 0.711. The predicted molar refractivity (Wildman–Crippen MR) is 104 cm³/mol. The van der Waals surface area contributed by atoms with Crippen LogP contribution in [-0.2, 0) is 17.8 Å². The summed E-state index contributed by atoms with van der Waals surface area (Å²) in [6.45, 7) is 1.78. The molecule has 0 fully saturated rings. The molecule has 0 saturated heterocycles. The van der Waals surface area contributed by atoms with Crippen LogP contribution in [0.15, 0.2) is 48.5 Å². The van der Waals surface area contributed by atoms with Crippen molar-refractivity contribution in [3.63, 3.8) is 0 Å². The van der Waals surface area contributed by atoms with E-state index in [1.807, 2.05) is 48.3 Å². The van der Waals surface area contributed by atoms with Gasteiger partial charge in [0, 0.05) is 6.54 Å². The number of likely N-dealkylation sites (N-methyl/N-ethyl adjacent to an activating group) is 1. The van der Waals surface area contributed by atoms with E-state index < -0.39 is 0 Å². The summed E-state index contributed by atoms with van der Waals surface area (Å²) in [5.41, 5.74) is 2.31. The van der Waals surface area contributed by atoms with Crippen molar-refractivity contribution in [2.75, 3.05) is 34.4 Å². The van der Waals surface area contributed by atoms with E-state index in [0.29, 0.717) is 13.1 Å². The van der Waals surface area contributed by atoms with Crippen LogP contribution < -0.4 is 14.8 Å². The fraction of sp³-hybridized carbons (Fsp3) is 0.381. The Hall–Kier alpha value is -2.53. The third-order valence-corrected chi connectivity index (χ3v) is 4.20. The van der Waals surface area contributed by atoms with E-state index in [1.54, 1.807) is 14.2 Å². The Bertz CT molecular complexity index is 686. The maximum atomic E-state index is 12.1. The highest BCUT2D eigenvalue weighted by Gasteiger charge is 2.07. The molecule has 140 valence electrons. The lowest BCUT2D eigenvalue weighted by atomic mass is 10.1. The number of carbonyl (C=O) groups is 1. The zero-order valence-corrected chi connectivity index (χ0v) is 15.8. The molecule has 2 aromatic carbocycles. The molecule has 0 aromatic heterocycles. The van der Waals surface area contributed by atoms with E-state index in [9.17, 15) is 4.79 Å². The van der Waals surface area contributed by atoms with Crippen molar-refractivity contribution in [3.05, 3.63) is 59.7 Å². The first kappa shape index (κ1) is 19.8. The summed E-state index contributed by atoms with van der Waals surface area (Å²) in [5, 5.41) is 2.95. The number of methoxy groups -OCH3 is 2. The molecule has 0 heterocycles. The molecule has 5 nitrogen and oxygen atoms in total. The standard InChI is InChI=1S/C21H28N2O3/c1-23(13-5-7-17-9-11-19(25-2)12-10-17)16-21(24)22-15-18-6-4-8-20(14-18)26-3/h4,6,8-12,14H,5,7,13,15-16H2,1-3H3,(H,22,24). The largest absolute Gasteiger partial charge is 0.497 e. The second kappa shape index (κ2) is 10.5. The van der Waals surface area contributed by atoms with E-state index in [-0.39, 0.29) is 5.91 Å². The van der Waals surface area contributed by atoms with Gasteiger partial charge in [-0.05, 0) is 61.8 Å². The van der Waals surface area contributed by atoms with Crippen LogP contribution in [0.4, 0.5) is 0 Å². The highest BCUT2D eigenvalue weighted by molar-refractivity contribution is 5.77. The number of aryl methyl sites for hydroxylation is 1. The summed E-state index contributed by atoms with van der Waals surface area (Å²) >= 11 is 0. The minimum Gasteiger partial charge on any atom is -0.497 e. The van der Waals surface area contributed by atoms with Gasteiger partial charge >= 0.3 is 0 Å². The van der Waals surface area contributed by atoms with Crippen LogP contribution in [0.5, 0.6) is 11.5 Å². The lowest BCUT2D eigenvalue weighted by Gasteiger charge is -2.16. The highest BCUT2D eigenvalue weighted by Crippen LogP contribution is 2.13. The summed E-state index contributed by atoms with van der Waals surface area (Å²) < 4.78 is 10.4. The van der Waals surface area contributed by atoms with E-state index >= 15 is 0 Å². The number of ether oxygens (including phenoxy) is 2. The number of nitrogens with one attached hydrogen (secondary N) is 1. The lowest BCUT2D eigenvalue weighted by Crippen LogP contribution is -2.35. The summed E-state index contributed by atoms with van der Waals surface area (Å²) in [6.07, 6.45) is 1.99. The van der Waals surface area contributed by atoms with Crippen molar-refractivity contribution in [2.45, 2.75) is 19.4 Å². The summed E-state index contributed by atoms with van der Waals surface area (Å²) in [7, 11) is 5.28. The topological polar surface area (TPSA) is 50.8 Å². The predicted octanol–water partition coefficient (Wildman–Crippen LogP) is 2.88. The Morgan fingerprint density at radius 2 is 1.73 bits per heavy atom. The Kier molecular flexibility index (Phi) is 7.96. The van der Waals surface area contributed by atoms with Gasteiger partial charge in [0.05, 0.1) is 20.8 Å². The van der Waals surface area contributed by atoms with Crippen molar-refractivity contribution >= 4 is 5.91 Å². The van der Waals surface area contributed by atoms with Crippen LogP contribution >= 0.6 is 0 Å². The first-order valence-electron chi connectivity index (χ1n) is 8.82. The first-order valence-corrected chi connectivity index (χ1v) is 8.82. The fourth-order valence-corrected chi connectivity index (χ4v) is 2.71. The van der Waals surface area contributed by atoms with Gasteiger partial charge in [-0.3, -0.25) is 9.69 Å². The molecule has 26 heavy (non-hydrogen) atoms. The van der Waals surface area contributed by atoms with Crippen molar-refractivity contribution in [3.8, 4) is 11.5 Å². The van der Waals surface area contributed by atoms with Crippen LogP contribution in [-0.4, -0.2) is 45.2 Å². The normalized spacial score (nSPS) is 10.6. The van der Waals surface area contributed by atoms with Crippen molar-refractivity contribution < 1.29 is 14.3 Å². The monoisotopic (exact) mass is 356 g/mol. The molecule has 0 spiro atoms. The SMILES string of the molecule is COc1ccc(CCCN(C)CC(=O)NCc2cccc(OC)c2)cc1. The number of hydrogen-bond donors (Lipinski definition) is 1. The molecule has 0 saturated carbocycles. The van der Waals surface area contributed by atoms with Crippen molar-refractivity contribution in [2.24, 2.45) is 0 Å². The van der Waals surface area contributed by atoms with Gasteiger partial charge < -0.3 is 14.8 Å². The van der Waals surface area contributed by atoms with Crippen LogP contribution in [0.2, 0.25) is 0 Å². The molecule has 2 aromatic rings. The van der Waals surface area contributed by atoms with Gasteiger partial charge in [0.1, 0.15) is 11.5 Å². The Morgan fingerprint density at radius 3 is 2.42 bits per heavy atom. The average molecular weight is 356 g/mol. The summed E-state index contributed by atoms with van der Waals surface area (Å²) in [4.78, 5) is 14.1. The van der Waals surface area contributed by atoms with E-state index in [0.717, 1.165) is 36.4 Å². The second-order valence-corrected chi connectivity index (χ2v) is 6.32. The van der Waals surface area contributed by atoms with Crippen LogP contribution in [0.25, 0.3) is 0 Å². The minimum absolute atomic E-state index is 0.0276. The zero-order valence-electron chi connectivity index (χ0n) is 15.8. The van der Waals surface area contributed by atoms with E-state index in [4.69, 9.17) is 9.47 Å². The van der Waals surface area contributed by atoms with Crippen molar-refractivity contribution in [1.82, 2.24) is 10.2 Å². The third-order valence-electron chi connectivity index (χ3n) is 4.20. The molecule has 0 aliphatic carbocycles. The van der Waals surface area contributed by atoms with Gasteiger partial charge in [0.2, 0.25) is 5.91 Å². The molecule has 0 aliphatic heterocycles. The number of benzene rings is 2. The summed E-state index contributed by atoms with van der Waals surface area (Å²) in [6, 6.07) is 15.8. The lowest BCUT2D eigenvalue weighted by molar-refractivity contribution is -0.122. The molecule has 5 heteroatoms. The number of carbonyl (C=O) groups excluding carboxylic acids is 1. The fourth-order valence-electron chi connectivity index (χ4n) is 2.71. The number of hydrogen-bond acceptors (Lipinski definition) is 4. The van der Waals surface area contributed by atoms with Crippen molar-refractivity contribution in [1.29, 1.82) is 0 Å². The highest BCUT2D eigenvalue weighted by atomic mass is 16.5. The van der Waals surface area contributed by atoms with Gasteiger partial charge in [0.25, 0.3) is 0 Å². The molecule has 1 amide bonds. The van der Waals surface area contributed by atoms with Crippen LogP contribution in [0.1, 0.15) is 17.5 Å². The Morgan fingerprint density at radius 1 is 1.00 bits per heavy atom. The number of nitrogens with zero attached hydrogens (tertiary/aromatic N) is 1. The Balaban J connectivity index is 1.66. The van der Waals surface area contributed by atoms with E-state index in [2.05, 4.69) is 17.4 Å². The molecule has 0 radical (unpaired) electrons. The van der Waals surface area contributed by atoms with Gasteiger partial charge in [-0.15, -0.1) is 0 Å². The molecular formula is C21H28N2O3. The van der Waals surface area contributed by atoms with E-state index in [1.165, 1.54) is 5.56 Å². The smallest absolute Gasteiger partial charge is 0.234 e. The maximum absolute atomic E-state index is 12.1. The minimum atomic E-state index is 0.0276. The second-order valence-electron chi connectivity index (χ2n) is 6.32. The first-order chi connectivity index (χ1) is 12.6. The van der Waals surface area contributed by atoms with Gasteiger partial charge in [-0.1, -0.05) is 24.3 Å². The van der Waals surface area contributed by atoms with Crippen LogP contribution in [0, 0.1) is 0 Å². The number of amides is 1. The molecule has 0 atom stereocenters. The summed E-state index contributed by atoms with van der Waals surface area (Å²) in [5.74, 6) is 1.70.